The highest BCUT2D eigenvalue weighted by molar-refractivity contribution is 5.06. The number of hydrogen-bond donors (Lipinski definition) is 2. The lowest BCUT2D eigenvalue weighted by Crippen LogP contribution is -2.05. The monoisotopic (exact) mass is 196 g/mol. The van der Waals surface area contributed by atoms with Crippen LogP contribution in [0.25, 0.3) is 0 Å². The summed E-state index contributed by atoms with van der Waals surface area (Å²) in [5.74, 6) is 0. The first-order valence-corrected chi connectivity index (χ1v) is 5.16. The van der Waals surface area contributed by atoms with Crippen molar-refractivity contribution in [2.24, 2.45) is 5.41 Å². The third-order valence-corrected chi connectivity index (χ3v) is 2.31. The molecule has 0 radical (unpaired) electrons. The van der Waals surface area contributed by atoms with E-state index >= 15 is 0 Å². The number of aromatic nitrogens is 2. The number of aliphatic hydroxyl groups is 1. The highest BCUT2D eigenvalue weighted by Gasteiger charge is 2.12. The molecule has 1 aromatic rings. The Morgan fingerprint density at radius 2 is 2.21 bits per heavy atom. The fourth-order valence-electron chi connectivity index (χ4n) is 1.44. The number of aliphatic hydroxyl groups excluding tert-OH is 1. The molecule has 0 aliphatic rings. The maximum Gasteiger partial charge on any atom is 0.0820 e. The molecule has 14 heavy (non-hydrogen) atoms. The van der Waals surface area contributed by atoms with Gasteiger partial charge >= 0.3 is 0 Å². The summed E-state index contributed by atoms with van der Waals surface area (Å²) in [7, 11) is 0. The Bertz CT molecular complexity index is 249. The van der Waals surface area contributed by atoms with Crippen LogP contribution >= 0.6 is 0 Å². The van der Waals surface area contributed by atoms with E-state index in [0.717, 1.165) is 24.8 Å². The average Bonchev–Trinajstić information content (AvgIpc) is 2.53. The number of H-pyrrole nitrogens is 1. The summed E-state index contributed by atoms with van der Waals surface area (Å²) in [5.41, 5.74) is 1.25. The summed E-state index contributed by atoms with van der Waals surface area (Å²) in [5, 5.41) is 16.3. The minimum Gasteiger partial charge on any atom is -0.388 e. The Labute approximate surface area is 85.5 Å². The van der Waals surface area contributed by atoms with Crippen LogP contribution in [0.1, 0.15) is 51.7 Å². The quantitative estimate of drug-likeness (QED) is 0.777. The van der Waals surface area contributed by atoms with Gasteiger partial charge in [0, 0.05) is 11.8 Å². The maximum atomic E-state index is 9.75. The Morgan fingerprint density at radius 3 is 2.71 bits per heavy atom. The van der Waals surface area contributed by atoms with Crippen LogP contribution in [0.2, 0.25) is 0 Å². The second kappa shape index (κ2) is 4.60. The van der Waals surface area contributed by atoms with Gasteiger partial charge in [0.05, 0.1) is 12.3 Å². The lowest BCUT2D eigenvalue weighted by molar-refractivity contribution is 0.158. The Hall–Kier alpha value is -0.830. The minimum absolute atomic E-state index is 0.357. The molecule has 0 spiro atoms. The van der Waals surface area contributed by atoms with E-state index < -0.39 is 0 Å². The van der Waals surface area contributed by atoms with Crippen LogP contribution in [0.3, 0.4) is 0 Å². The molecule has 0 aliphatic carbocycles. The fourth-order valence-corrected chi connectivity index (χ4v) is 1.44. The van der Waals surface area contributed by atoms with Gasteiger partial charge in [-0.15, -0.1) is 0 Å². The topological polar surface area (TPSA) is 48.9 Å². The molecular weight excluding hydrogens is 176 g/mol. The van der Waals surface area contributed by atoms with Crippen LogP contribution in [0, 0.1) is 5.41 Å². The number of hydrogen-bond acceptors (Lipinski definition) is 2. The van der Waals surface area contributed by atoms with Crippen molar-refractivity contribution in [3.05, 3.63) is 18.0 Å². The summed E-state index contributed by atoms with van der Waals surface area (Å²) >= 11 is 0. The summed E-state index contributed by atoms with van der Waals surface area (Å²) < 4.78 is 0. The molecule has 80 valence electrons. The zero-order valence-electron chi connectivity index (χ0n) is 9.25. The van der Waals surface area contributed by atoms with Gasteiger partial charge in [-0.1, -0.05) is 27.2 Å². The van der Waals surface area contributed by atoms with E-state index in [1.165, 1.54) is 0 Å². The molecule has 0 saturated carbocycles. The SMILES string of the molecule is CC(C)(C)CCCC(O)c1cn[nH]c1. The molecule has 1 aromatic heterocycles. The van der Waals surface area contributed by atoms with E-state index in [2.05, 4.69) is 31.0 Å². The average molecular weight is 196 g/mol. The van der Waals surface area contributed by atoms with Gasteiger partial charge in [-0.25, -0.2) is 0 Å². The second-order valence-electron chi connectivity index (χ2n) is 5.00. The molecule has 0 amide bonds. The van der Waals surface area contributed by atoms with Gasteiger partial charge in [0.2, 0.25) is 0 Å². The molecule has 2 N–H and O–H groups in total. The molecule has 0 saturated heterocycles. The van der Waals surface area contributed by atoms with Crippen molar-refractivity contribution >= 4 is 0 Å². The number of rotatable bonds is 4. The van der Waals surface area contributed by atoms with Crippen molar-refractivity contribution in [1.29, 1.82) is 0 Å². The van der Waals surface area contributed by atoms with Gasteiger partial charge in [-0.2, -0.15) is 5.10 Å². The van der Waals surface area contributed by atoms with E-state index in [1.807, 2.05) is 0 Å². The molecule has 0 bridgehead atoms. The lowest BCUT2D eigenvalue weighted by Gasteiger charge is -2.18. The molecule has 0 aliphatic heterocycles. The van der Waals surface area contributed by atoms with Crippen molar-refractivity contribution in [1.82, 2.24) is 10.2 Å². The summed E-state index contributed by atoms with van der Waals surface area (Å²) in [6, 6.07) is 0. The maximum absolute atomic E-state index is 9.75. The smallest absolute Gasteiger partial charge is 0.0820 e. The molecule has 1 rings (SSSR count). The van der Waals surface area contributed by atoms with Gasteiger partial charge in [-0.05, 0) is 18.3 Å². The minimum atomic E-state index is -0.365. The zero-order chi connectivity index (χ0) is 10.6. The standard InChI is InChI=1S/C11H20N2O/c1-11(2,3)6-4-5-10(14)9-7-12-13-8-9/h7-8,10,14H,4-6H2,1-3H3,(H,12,13). The predicted molar refractivity (Wildman–Crippen MR) is 56.9 cm³/mol. The van der Waals surface area contributed by atoms with E-state index in [9.17, 15) is 5.11 Å². The van der Waals surface area contributed by atoms with Gasteiger partial charge in [-0.3, -0.25) is 5.10 Å². The Morgan fingerprint density at radius 1 is 1.50 bits per heavy atom. The first-order valence-electron chi connectivity index (χ1n) is 5.16. The lowest BCUT2D eigenvalue weighted by atomic mass is 9.89. The van der Waals surface area contributed by atoms with E-state index in [0.29, 0.717) is 5.41 Å². The first kappa shape index (κ1) is 11.2. The highest BCUT2D eigenvalue weighted by Crippen LogP contribution is 2.25. The largest absolute Gasteiger partial charge is 0.388 e. The first-order chi connectivity index (χ1) is 6.49. The van der Waals surface area contributed by atoms with Crippen LogP contribution in [-0.2, 0) is 0 Å². The molecule has 1 atom stereocenters. The van der Waals surface area contributed by atoms with Crippen LogP contribution in [-0.4, -0.2) is 15.3 Å². The van der Waals surface area contributed by atoms with Gasteiger partial charge < -0.3 is 5.11 Å². The van der Waals surface area contributed by atoms with E-state index in [1.54, 1.807) is 12.4 Å². The third-order valence-electron chi connectivity index (χ3n) is 2.31. The molecule has 3 nitrogen and oxygen atoms in total. The number of aromatic amines is 1. The molecule has 1 unspecified atom stereocenters. The number of nitrogens with one attached hydrogen (secondary N) is 1. The third kappa shape index (κ3) is 3.92. The molecule has 3 heteroatoms. The zero-order valence-corrected chi connectivity index (χ0v) is 9.25. The van der Waals surface area contributed by atoms with E-state index in [4.69, 9.17) is 0 Å². The van der Waals surface area contributed by atoms with Crippen molar-refractivity contribution in [3.63, 3.8) is 0 Å². The molecule has 0 aromatic carbocycles. The molecule has 1 heterocycles. The number of nitrogens with zero attached hydrogens (tertiary/aromatic N) is 1. The summed E-state index contributed by atoms with van der Waals surface area (Å²) in [6.45, 7) is 6.66. The Balaban J connectivity index is 2.26. The predicted octanol–water partition coefficient (Wildman–Crippen LogP) is 2.66. The second-order valence-corrected chi connectivity index (χ2v) is 5.00. The highest BCUT2D eigenvalue weighted by atomic mass is 16.3. The van der Waals surface area contributed by atoms with Gasteiger partial charge in [0.15, 0.2) is 0 Å². The van der Waals surface area contributed by atoms with Crippen LogP contribution in [0.4, 0.5) is 0 Å². The Kier molecular flexibility index (Phi) is 3.69. The van der Waals surface area contributed by atoms with Crippen LogP contribution < -0.4 is 0 Å². The van der Waals surface area contributed by atoms with Crippen molar-refractivity contribution < 1.29 is 5.11 Å². The van der Waals surface area contributed by atoms with Gasteiger partial charge in [0.1, 0.15) is 0 Å². The summed E-state index contributed by atoms with van der Waals surface area (Å²) in [6.07, 6.45) is 6.08. The van der Waals surface area contributed by atoms with E-state index in [-0.39, 0.29) is 6.10 Å². The van der Waals surface area contributed by atoms with Gasteiger partial charge in [0.25, 0.3) is 0 Å². The van der Waals surface area contributed by atoms with Crippen LogP contribution in [0.5, 0.6) is 0 Å². The fraction of sp³-hybridized carbons (Fsp3) is 0.727. The molecule has 0 fully saturated rings. The van der Waals surface area contributed by atoms with Crippen molar-refractivity contribution in [3.8, 4) is 0 Å². The summed E-state index contributed by atoms with van der Waals surface area (Å²) in [4.78, 5) is 0. The van der Waals surface area contributed by atoms with Crippen molar-refractivity contribution in [2.75, 3.05) is 0 Å². The van der Waals surface area contributed by atoms with Crippen molar-refractivity contribution in [2.45, 2.75) is 46.1 Å². The normalized spacial score (nSPS) is 14.3. The van der Waals surface area contributed by atoms with Crippen LogP contribution in [0.15, 0.2) is 12.4 Å². The molecular formula is C11H20N2O.